The van der Waals surface area contributed by atoms with Crippen LogP contribution in [-0.2, 0) is 14.9 Å². The van der Waals surface area contributed by atoms with E-state index in [1.807, 2.05) is 30.5 Å². The number of ether oxygens (including phenoxy) is 2. The fourth-order valence-electron chi connectivity index (χ4n) is 4.95. The van der Waals surface area contributed by atoms with E-state index in [1.165, 1.54) is 5.56 Å². The number of benzene rings is 3. The first-order valence-electron chi connectivity index (χ1n) is 11.3. The fraction of sp³-hybridized carbons (Fsp3) is 0.286. The summed E-state index contributed by atoms with van der Waals surface area (Å²) in [5.41, 5.74) is 2.45. The summed E-state index contributed by atoms with van der Waals surface area (Å²) < 4.78 is 12.2. The van der Waals surface area contributed by atoms with Gasteiger partial charge in [0.25, 0.3) is 0 Å². The number of para-hydroxylation sites is 1. The van der Waals surface area contributed by atoms with Gasteiger partial charge in [-0.15, -0.1) is 0 Å². The third-order valence-electron chi connectivity index (χ3n) is 6.77. The number of fused-ring (bicyclic) bond motifs is 4. The molecule has 0 fully saturated rings. The van der Waals surface area contributed by atoms with E-state index in [1.54, 1.807) is 6.92 Å². The van der Waals surface area contributed by atoms with Gasteiger partial charge in [-0.05, 0) is 50.3 Å². The van der Waals surface area contributed by atoms with Gasteiger partial charge in [0.1, 0.15) is 11.4 Å². The van der Waals surface area contributed by atoms with Crippen molar-refractivity contribution in [3.8, 4) is 5.75 Å². The Labute approximate surface area is 194 Å². The molecule has 5 heteroatoms. The summed E-state index contributed by atoms with van der Waals surface area (Å²) >= 11 is 0. The van der Waals surface area contributed by atoms with Crippen LogP contribution < -0.4 is 9.64 Å². The summed E-state index contributed by atoms with van der Waals surface area (Å²) in [6.07, 6.45) is 2.62. The molecule has 33 heavy (non-hydrogen) atoms. The number of aliphatic imine (C=N–C) groups is 1. The number of nitrogens with zero attached hydrogens (tertiary/aromatic N) is 2. The van der Waals surface area contributed by atoms with E-state index in [0.29, 0.717) is 25.1 Å². The van der Waals surface area contributed by atoms with Crippen LogP contribution in [0.5, 0.6) is 5.75 Å². The Hall–Kier alpha value is -3.60. The van der Waals surface area contributed by atoms with Crippen LogP contribution in [0.25, 0.3) is 10.8 Å². The van der Waals surface area contributed by atoms with Crippen molar-refractivity contribution in [1.29, 1.82) is 0 Å². The predicted octanol–water partition coefficient (Wildman–Crippen LogP) is 5.94. The Morgan fingerprint density at radius 1 is 1.09 bits per heavy atom. The Balaban J connectivity index is 1.52. The molecule has 0 aliphatic carbocycles. The molecule has 3 aromatic rings. The molecule has 0 saturated heterocycles. The zero-order valence-electron chi connectivity index (χ0n) is 19.3. The molecule has 2 aliphatic heterocycles. The second kappa shape index (κ2) is 7.77. The topological polar surface area (TPSA) is 51.1 Å². The summed E-state index contributed by atoms with van der Waals surface area (Å²) in [6.45, 7) is 10.7. The lowest BCUT2D eigenvalue weighted by Gasteiger charge is -2.46. The number of hydrogen-bond donors (Lipinski definition) is 0. The van der Waals surface area contributed by atoms with Crippen molar-refractivity contribution in [1.82, 2.24) is 0 Å². The van der Waals surface area contributed by atoms with Crippen molar-refractivity contribution in [3.05, 3.63) is 78.4 Å². The second-order valence-electron chi connectivity index (χ2n) is 9.25. The predicted molar refractivity (Wildman–Crippen MR) is 133 cm³/mol. The van der Waals surface area contributed by atoms with Crippen molar-refractivity contribution in [2.45, 2.75) is 38.3 Å². The van der Waals surface area contributed by atoms with Gasteiger partial charge in [0.2, 0.25) is 5.72 Å². The molecule has 0 aromatic heterocycles. The summed E-state index contributed by atoms with van der Waals surface area (Å²) in [4.78, 5) is 19.0. The molecule has 2 heterocycles. The number of anilines is 1. The largest absolute Gasteiger partial charge is 0.462 e. The molecule has 5 nitrogen and oxygen atoms in total. The quantitative estimate of drug-likeness (QED) is 0.280. The Morgan fingerprint density at radius 3 is 2.67 bits per heavy atom. The molecule has 0 saturated carbocycles. The van der Waals surface area contributed by atoms with Crippen molar-refractivity contribution in [2.75, 3.05) is 18.1 Å². The number of rotatable bonds is 5. The van der Waals surface area contributed by atoms with E-state index < -0.39 is 5.72 Å². The highest BCUT2D eigenvalue weighted by Crippen LogP contribution is 2.54. The van der Waals surface area contributed by atoms with Gasteiger partial charge < -0.3 is 14.4 Å². The maximum atomic E-state index is 11.8. The zero-order valence-corrected chi connectivity index (χ0v) is 19.3. The molecule has 0 N–H and O–H groups in total. The standard InChI is InChI=1S/C28H28N2O3/c1-19(2)26(31)32-17-9-16-30-23-13-8-7-12-22(23)27(3,4)28(30)18-29-25-21-11-6-5-10-20(21)14-15-24(25)33-28/h5-8,10-15,18H,1,9,16-17H2,2-4H3. The summed E-state index contributed by atoms with van der Waals surface area (Å²) in [5, 5.41) is 2.21. The number of esters is 1. The third kappa shape index (κ3) is 3.22. The first-order valence-corrected chi connectivity index (χ1v) is 11.3. The third-order valence-corrected chi connectivity index (χ3v) is 6.77. The molecule has 5 rings (SSSR count). The summed E-state index contributed by atoms with van der Waals surface area (Å²) in [6, 6.07) is 20.7. The Bertz CT molecular complexity index is 1290. The molecule has 0 bridgehead atoms. The lowest BCUT2D eigenvalue weighted by molar-refractivity contribution is -0.139. The van der Waals surface area contributed by atoms with Crippen molar-refractivity contribution >= 4 is 34.3 Å². The van der Waals surface area contributed by atoms with E-state index in [0.717, 1.165) is 27.9 Å². The SMILES string of the molecule is C=C(C)C(=O)OCCCN1c2ccccc2C(C)(C)C12C=Nc1c(ccc3ccccc13)O2. The normalized spacial score (nSPS) is 19.8. The van der Waals surface area contributed by atoms with Crippen LogP contribution in [0.1, 0.15) is 32.8 Å². The van der Waals surface area contributed by atoms with Crippen LogP contribution in [0, 0.1) is 0 Å². The Morgan fingerprint density at radius 2 is 1.85 bits per heavy atom. The minimum absolute atomic E-state index is 0.319. The average molecular weight is 441 g/mol. The number of carbonyl (C=O) groups excluding carboxylic acids is 1. The van der Waals surface area contributed by atoms with Crippen molar-refractivity contribution in [3.63, 3.8) is 0 Å². The maximum absolute atomic E-state index is 11.8. The van der Waals surface area contributed by atoms with Gasteiger partial charge in [-0.3, -0.25) is 4.99 Å². The molecule has 1 unspecified atom stereocenters. The highest BCUT2D eigenvalue weighted by atomic mass is 16.5. The lowest BCUT2D eigenvalue weighted by Crippen LogP contribution is -2.62. The van der Waals surface area contributed by atoms with Crippen LogP contribution in [0.2, 0.25) is 0 Å². The Kier molecular flexibility index (Phi) is 5.00. The molecule has 2 aliphatic rings. The molecule has 1 spiro atoms. The first-order chi connectivity index (χ1) is 15.8. The molecule has 168 valence electrons. The van der Waals surface area contributed by atoms with Gasteiger partial charge in [0, 0.05) is 23.2 Å². The molecular formula is C28H28N2O3. The van der Waals surface area contributed by atoms with Crippen LogP contribution in [-0.4, -0.2) is 31.1 Å². The highest BCUT2D eigenvalue weighted by Gasteiger charge is 2.59. The molecule has 0 radical (unpaired) electrons. The van der Waals surface area contributed by atoms with Gasteiger partial charge in [-0.25, -0.2) is 4.79 Å². The molecule has 1 atom stereocenters. The maximum Gasteiger partial charge on any atom is 0.333 e. The fourth-order valence-corrected chi connectivity index (χ4v) is 4.95. The van der Waals surface area contributed by atoms with Crippen LogP contribution >= 0.6 is 0 Å². The first kappa shape index (κ1) is 21.3. The monoisotopic (exact) mass is 440 g/mol. The van der Waals surface area contributed by atoms with Crippen LogP contribution in [0.15, 0.2) is 77.8 Å². The minimum Gasteiger partial charge on any atom is -0.462 e. The summed E-state index contributed by atoms with van der Waals surface area (Å²) in [7, 11) is 0. The van der Waals surface area contributed by atoms with Gasteiger partial charge in [-0.1, -0.05) is 55.1 Å². The van der Waals surface area contributed by atoms with Crippen molar-refractivity contribution < 1.29 is 14.3 Å². The smallest absolute Gasteiger partial charge is 0.333 e. The summed E-state index contributed by atoms with van der Waals surface area (Å²) in [5.74, 6) is 0.416. The molecule has 0 amide bonds. The van der Waals surface area contributed by atoms with Crippen LogP contribution in [0.3, 0.4) is 0 Å². The minimum atomic E-state index is -0.787. The molecule has 3 aromatic carbocycles. The van der Waals surface area contributed by atoms with Crippen molar-refractivity contribution in [2.24, 2.45) is 4.99 Å². The van der Waals surface area contributed by atoms with E-state index in [2.05, 4.69) is 61.7 Å². The van der Waals surface area contributed by atoms with Gasteiger partial charge in [-0.2, -0.15) is 0 Å². The van der Waals surface area contributed by atoms with E-state index in [4.69, 9.17) is 14.5 Å². The van der Waals surface area contributed by atoms with E-state index in [-0.39, 0.29) is 11.4 Å². The second-order valence-corrected chi connectivity index (χ2v) is 9.25. The van der Waals surface area contributed by atoms with Gasteiger partial charge in [0.05, 0.1) is 18.2 Å². The molecular weight excluding hydrogens is 412 g/mol. The van der Waals surface area contributed by atoms with E-state index in [9.17, 15) is 4.79 Å². The van der Waals surface area contributed by atoms with Gasteiger partial charge in [0.15, 0.2) is 0 Å². The number of carbonyl (C=O) groups is 1. The van der Waals surface area contributed by atoms with E-state index >= 15 is 0 Å². The van der Waals surface area contributed by atoms with Crippen LogP contribution in [0.4, 0.5) is 11.4 Å². The lowest BCUT2D eigenvalue weighted by atomic mass is 9.77. The van der Waals surface area contributed by atoms with Gasteiger partial charge >= 0.3 is 5.97 Å². The average Bonchev–Trinajstić information content (AvgIpc) is 2.99. The number of hydrogen-bond acceptors (Lipinski definition) is 5. The zero-order chi connectivity index (χ0) is 23.2. The highest BCUT2D eigenvalue weighted by molar-refractivity contribution is 5.99.